The van der Waals surface area contributed by atoms with Gasteiger partial charge in [-0.05, 0) is 24.1 Å². The molecule has 0 aromatic heterocycles. The molecular weight excluding hydrogens is 260 g/mol. The Hall–Kier alpha value is -2.24. The van der Waals surface area contributed by atoms with Crippen molar-refractivity contribution in [1.29, 1.82) is 0 Å². The molecule has 2 amide bonds. The Morgan fingerprint density at radius 3 is 2.70 bits per heavy atom. The number of benzene rings is 1. The van der Waals surface area contributed by atoms with Gasteiger partial charge in [0, 0.05) is 6.54 Å². The first-order valence-electron chi connectivity index (χ1n) is 6.62. The number of hydrogen-bond acceptors (Lipinski definition) is 4. The second-order valence-electron chi connectivity index (χ2n) is 4.51. The quantitative estimate of drug-likeness (QED) is 0.767. The highest BCUT2D eigenvalue weighted by Crippen LogP contribution is 2.13. The topological polar surface area (TPSA) is 76.7 Å². The lowest BCUT2D eigenvalue weighted by molar-refractivity contribution is -0.128. The predicted octanol–water partition coefficient (Wildman–Crippen LogP) is 1.20. The van der Waals surface area contributed by atoms with Gasteiger partial charge in [-0.2, -0.15) is 0 Å². The largest absolute Gasteiger partial charge is 0.494 e. The van der Waals surface area contributed by atoms with Crippen LogP contribution in [0.2, 0.25) is 0 Å². The summed E-state index contributed by atoms with van der Waals surface area (Å²) in [6.07, 6.45) is 0.371. The number of β-lactam (4-membered cyclic amide) rings is 1. The molecule has 2 N–H and O–H groups in total. The zero-order chi connectivity index (χ0) is 14.4. The van der Waals surface area contributed by atoms with Crippen LogP contribution in [-0.2, 0) is 16.1 Å². The predicted molar refractivity (Wildman–Crippen MR) is 72.3 cm³/mol. The molecule has 1 heterocycles. The molecule has 1 saturated heterocycles. The monoisotopic (exact) mass is 278 g/mol. The Balaban J connectivity index is 1.72. The third-order valence-corrected chi connectivity index (χ3v) is 2.86. The summed E-state index contributed by atoms with van der Waals surface area (Å²) in [6.45, 7) is 3.34. The normalized spacial score (nSPS) is 16.9. The molecule has 1 unspecified atom stereocenters. The summed E-state index contributed by atoms with van der Waals surface area (Å²) < 4.78 is 10.5. The van der Waals surface area contributed by atoms with Crippen LogP contribution in [0.4, 0.5) is 4.79 Å². The Morgan fingerprint density at radius 2 is 2.15 bits per heavy atom. The molecule has 0 aliphatic carbocycles. The first-order valence-corrected chi connectivity index (χ1v) is 6.62. The maximum atomic E-state index is 11.4. The van der Waals surface area contributed by atoms with Gasteiger partial charge >= 0.3 is 6.09 Å². The van der Waals surface area contributed by atoms with Crippen molar-refractivity contribution in [2.75, 3.05) is 13.2 Å². The third kappa shape index (κ3) is 3.88. The van der Waals surface area contributed by atoms with E-state index in [4.69, 9.17) is 9.47 Å². The van der Waals surface area contributed by atoms with Crippen molar-refractivity contribution in [3.8, 4) is 5.75 Å². The van der Waals surface area contributed by atoms with Gasteiger partial charge in [0.05, 0.1) is 6.61 Å². The molecule has 0 saturated carbocycles. The lowest BCUT2D eigenvalue weighted by atomic mass is 10.2. The summed E-state index contributed by atoms with van der Waals surface area (Å²) in [7, 11) is 0. The van der Waals surface area contributed by atoms with Gasteiger partial charge in [0.2, 0.25) is 5.91 Å². The van der Waals surface area contributed by atoms with Crippen LogP contribution in [0, 0.1) is 0 Å². The molecule has 0 radical (unpaired) electrons. The maximum Gasteiger partial charge on any atom is 0.408 e. The van der Waals surface area contributed by atoms with E-state index in [2.05, 4.69) is 10.6 Å². The minimum absolute atomic E-state index is 0.161. The highest BCUT2D eigenvalue weighted by atomic mass is 16.5. The SMILES string of the molecule is CCCOc1ccc(COC(=O)NC2CNC2=O)cc1. The summed E-state index contributed by atoms with van der Waals surface area (Å²) in [6, 6.07) is 6.90. The van der Waals surface area contributed by atoms with Crippen LogP contribution in [0.5, 0.6) is 5.75 Å². The fraction of sp³-hybridized carbons (Fsp3) is 0.429. The van der Waals surface area contributed by atoms with Crippen molar-refractivity contribution in [3.05, 3.63) is 29.8 Å². The summed E-state index contributed by atoms with van der Waals surface area (Å²) >= 11 is 0. The molecule has 108 valence electrons. The zero-order valence-corrected chi connectivity index (χ0v) is 11.3. The maximum absolute atomic E-state index is 11.4. The molecule has 1 atom stereocenters. The van der Waals surface area contributed by atoms with Crippen molar-refractivity contribution in [2.45, 2.75) is 26.0 Å². The van der Waals surface area contributed by atoms with Crippen LogP contribution in [0.15, 0.2) is 24.3 Å². The van der Waals surface area contributed by atoms with E-state index in [0.29, 0.717) is 13.2 Å². The van der Waals surface area contributed by atoms with E-state index in [1.807, 2.05) is 31.2 Å². The van der Waals surface area contributed by atoms with Gasteiger partial charge in [-0.1, -0.05) is 19.1 Å². The number of rotatable bonds is 6. The minimum atomic E-state index is -0.587. The Labute approximate surface area is 117 Å². The van der Waals surface area contributed by atoms with E-state index < -0.39 is 12.1 Å². The van der Waals surface area contributed by atoms with Crippen LogP contribution in [-0.4, -0.2) is 31.2 Å². The number of carbonyl (C=O) groups excluding carboxylic acids is 2. The summed E-state index contributed by atoms with van der Waals surface area (Å²) in [5.41, 5.74) is 0.863. The molecule has 1 aliphatic heterocycles. The second-order valence-corrected chi connectivity index (χ2v) is 4.51. The van der Waals surface area contributed by atoms with Gasteiger partial charge in [-0.25, -0.2) is 4.79 Å². The van der Waals surface area contributed by atoms with E-state index in [-0.39, 0.29) is 12.5 Å². The second kappa shape index (κ2) is 6.79. The van der Waals surface area contributed by atoms with Gasteiger partial charge in [-0.3, -0.25) is 4.79 Å². The van der Waals surface area contributed by atoms with E-state index >= 15 is 0 Å². The number of amides is 2. The van der Waals surface area contributed by atoms with Crippen molar-refractivity contribution in [2.24, 2.45) is 0 Å². The van der Waals surface area contributed by atoms with Gasteiger partial charge in [-0.15, -0.1) is 0 Å². The standard InChI is InChI=1S/C14H18N2O4/c1-2-7-19-11-5-3-10(4-6-11)9-20-14(18)16-12-8-15-13(12)17/h3-6,12H,2,7-9H2,1H3,(H,15,17)(H,16,18). The van der Waals surface area contributed by atoms with Gasteiger partial charge < -0.3 is 20.1 Å². The smallest absolute Gasteiger partial charge is 0.408 e. The minimum Gasteiger partial charge on any atom is -0.494 e. The number of hydrogen-bond donors (Lipinski definition) is 2. The van der Waals surface area contributed by atoms with Crippen molar-refractivity contribution >= 4 is 12.0 Å². The van der Waals surface area contributed by atoms with Gasteiger partial charge in [0.1, 0.15) is 18.4 Å². The third-order valence-electron chi connectivity index (χ3n) is 2.86. The van der Waals surface area contributed by atoms with Crippen molar-refractivity contribution in [1.82, 2.24) is 10.6 Å². The number of alkyl carbamates (subject to hydrolysis) is 1. The highest BCUT2D eigenvalue weighted by molar-refractivity contribution is 5.90. The summed E-state index contributed by atoms with van der Waals surface area (Å²) in [5, 5.41) is 5.02. The van der Waals surface area contributed by atoms with E-state index in [0.717, 1.165) is 17.7 Å². The van der Waals surface area contributed by atoms with E-state index in [1.54, 1.807) is 0 Å². The van der Waals surface area contributed by atoms with Crippen LogP contribution in [0.1, 0.15) is 18.9 Å². The molecule has 1 aliphatic rings. The average molecular weight is 278 g/mol. The van der Waals surface area contributed by atoms with Crippen LogP contribution in [0.25, 0.3) is 0 Å². The van der Waals surface area contributed by atoms with Crippen molar-refractivity contribution in [3.63, 3.8) is 0 Å². The van der Waals surface area contributed by atoms with Crippen LogP contribution < -0.4 is 15.4 Å². The van der Waals surface area contributed by atoms with E-state index in [1.165, 1.54) is 0 Å². The van der Waals surface area contributed by atoms with Gasteiger partial charge in [0.25, 0.3) is 0 Å². The Bertz CT molecular complexity index is 473. The summed E-state index contributed by atoms with van der Waals surface area (Å²) in [5.74, 6) is 0.616. The number of nitrogens with one attached hydrogen (secondary N) is 2. The summed E-state index contributed by atoms with van der Waals surface area (Å²) in [4.78, 5) is 22.4. The molecule has 0 bridgehead atoms. The number of carbonyl (C=O) groups is 2. The first-order chi connectivity index (χ1) is 9.69. The molecule has 1 aromatic carbocycles. The molecule has 0 spiro atoms. The number of ether oxygens (including phenoxy) is 2. The lowest BCUT2D eigenvalue weighted by Gasteiger charge is -2.26. The molecule has 1 fully saturated rings. The molecule has 6 nitrogen and oxygen atoms in total. The average Bonchev–Trinajstić information content (AvgIpc) is 2.48. The Morgan fingerprint density at radius 1 is 1.40 bits per heavy atom. The fourth-order valence-electron chi connectivity index (χ4n) is 1.64. The van der Waals surface area contributed by atoms with Crippen molar-refractivity contribution < 1.29 is 19.1 Å². The van der Waals surface area contributed by atoms with Crippen LogP contribution >= 0.6 is 0 Å². The fourth-order valence-corrected chi connectivity index (χ4v) is 1.64. The molecule has 1 aromatic rings. The first kappa shape index (κ1) is 14.2. The zero-order valence-electron chi connectivity index (χ0n) is 11.3. The highest BCUT2D eigenvalue weighted by Gasteiger charge is 2.29. The van der Waals surface area contributed by atoms with E-state index in [9.17, 15) is 9.59 Å². The molecule has 6 heteroatoms. The van der Waals surface area contributed by atoms with Crippen LogP contribution in [0.3, 0.4) is 0 Å². The molecule has 2 rings (SSSR count). The Kier molecular flexibility index (Phi) is 4.81. The molecular formula is C14H18N2O4. The molecule has 20 heavy (non-hydrogen) atoms. The van der Waals surface area contributed by atoms with Gasteiger partial charge in [0.15, 0.2) is 0 Å². The lowest BCUT2D eigenvalue weighted by Crippen LogP contribution is -2.61.